The Bertz CT molecular complexity index is 1120. The van der Waals surface area contributed by atoms with Gasteiger partial charge in [0.05, 0.1) is 47.3 Å². The van der Waals surface area contributed by atoms with Crippen LogP contribution in [-0.2, 0) is 25.6 Å². The Labute approximate surface area is 169 Å². The minimum Gasteiger partial charge on any atom is -0.345 e. The summed E-state index contributed by atoms with van der Waals surface area (Å²) in [6.45, 7) is 0.0571. The Morgan fingerprint density at radius 3 is 2.70 bits per heavy atom. The molecule has 3 heterocycles. The van der Waals surface area contributed by atoms with Crippen molar-refractivity contribution in [1.29, 1.82) is 0 Å². The summed E-state index contributed by atoms with van der Waals surface area (Å²) in [7, 11) is 0. The molecule has 0 unspecified atom stereocenters. The van der Waals surface area contributed by atoms with Gasteiger partial charge in [-0.05, 0) is 37.3 Å². The first-order valence-corrected chi connectivity index (χ1v) is 9.63. The third-order valence-corrected chi connectivity index (χ3v) is 5.38. The number of nitrogens with zero attached hydrogens (tertiary/aromatic N) is 4. The fourth-order valence-corrected chi connectivity index (χ4v) is 3.68. The van der Waals surface area contributed by atoms with Crippen molar-refractivity contribution in [2.45, 2.75) is 44.3 Å². The molecular formula is C20H17F3N6O. The van der Waals surface area contributed by atoms with Crippen LogP contribution >= 0.6 is 0 Å². The summed E-state index contributed by atoms with van der Waals surface area (Å²) in [6.07, 6.45) is 3.18. The molecule has 3 aromatic rings. The number of pyridine rings is 1. The summed E-state index contributed by atoms with van der Waals surface area (Å²) in [5.74, 6) is -0.219. The number of aryl methyl sites for hydroxylation is 2. The largest absolute Gasteiger partial charge is 0.417 e. The Morgan fingerprint density at radius 1 is 1.17 bits per heavy atom. The average molecular weight is 414 g/mol. The van der Waals surface area contributed by atoms with Gasteiger partial charge in [0.15, 0.2) is 0 Å². The molecule has 2 aliphatic rings. The SMILES string of the molecule is O=C(NCc1cnc(C2CC2)cn1)c1cc(C(F)(F)F)c2c(n1)CCc1cn[nH]c1-2. The topological polar surface area (TPSA) is 96.5 Å². The summed E-state index contributed by atoms with van der Waals surface area (Å²) in [5.41, 5.74) is 1.52. The van der Waals surface area contributed by atoms with Gasteiger partial charge >= 0.3 is 6.18 Å². The maximum Gasteiger partial charge on any atom is 0.417 e. The molecule has 0 spiro atoms. The van der Waals surface area contributed by atoms with Crippen LogP contribution in [0.1, 0.15) is 57.5 Å². The van der Waals surface area contributed by atoms with Crippen molar-refractivity contribution in [3.8, 4) is 11.3 Å². The summed E-state index contributed by atoms with van der Waals surface area (Å²) in [6, 6.07) is 0.798. The molecule has 1 fully saturated rings. The van der Waals surface area contributed by atoms with Crippen LogP contribution < -0.4 is 5.32 Å². The minimum atomic E-state index is -4.63. The van der Waals surface area contributed by atoms with Gasteiger partial charge in [0.25, 0.3) is 5.91 Å². The third kappa shape index (κ3) is 3.42. The van der Waals surface area contributed by atoms with E-state index in [1.165, 1.54) is 6.20 Å². The minimum absolute atomic E-state index is 0.0284. The van der Waals surface area contributed by atoms with Crippen molar-refractivity contribution in [2.24, 2.45) is 0 Å². The molecule has 30 heavy (non-hydrogen) atoms. The van der Waals surface area contributed by atoms with E-state index in [0.717, 1.165) is 24.6 Å². The van der Waals surface area contributed by atoms with Crippen molar-refractivity contribution in [3.05, 3.63) is 58.6 Å². The number of amides is 1. The molecule has 3 aromatic heterocycles. The fourth-order valence-electron chi connectivity index (χ4n) is 3.68. The van der Waals surface area contributed by atoms with Crippen molar-refractivity contribution >= 4 is 5.91 Å². The number of fused-ring (bicyclic) bond motifs is 3. The second kappa shape index (κ2) is 6.89. The van der Waals surface area contributed by atoms with Crippen LogP contribution in [0.5, 0.6) is 0 Å². The molecule has 7 nitrogen and oxygen atoms in total. The Kier molecular flexibility index (Phi) is 4.30. The summed E-state index contributed by atoms with van der Waals surface area (Å²) in [5, 5.41) is 9.08. The van der Waals surface area contributed by atoms with Gasteiger partial charge in [0, 0.05) is 17.7 Å². The number of hydrogen-bond donors (Lipinski definition) is 2. The second-order valence-electron chi connectivity index (χ2n) is 7.53. The molecule has 0 radical (unpaired) electrons. The maximum absolute atomic E-state index is 13.8. The molecule has 10 heteroatoms. The summed E-state index contributed by atoms with van der Waals surface area (Å²) < 4.78 is 41.3. The van der Waals surface area contributed by atoms with Gasteiger partial charge in [-0.15, -0.1) is 0 Å². The predicted molar refractivity (Wildman–Crippen MR) is 99.4 cm³/mol. The van der Waals surface area contributed by atoms with Crippen molar-refractivity contribution in [1.82, 2.24) is 30.5 Å². The molecule has 2 N–H and O–H groups in total. The monoisotopic (exact) mass is 414 g/mol. The number of aromatic nitrogens is 5. The van der Waals surface area contributed by atoms with E-state index in [2.05, 4.69) is 30.5 Å². The van der Waals surface area contributed by atoms with Crippen LogP contribution in [0.4, 0.5) is 13.2 Å². The number of carbonyl (C=O) groups excluding carboxylic acids is 1. The number of H-pyrrole nitrogens is 1. The molecule has 0 saturated heterocycles. The van der Waals surface area contributed by atoms with Crippen molar-refractivity contribution in [3.63, 3.8) is 0 Å². The average Bonchev–Trinajstić information content (AvgIpc) is 3.47. The van der Waals surface area contributed by atoms with Crippen LogP contribution in [0.2, 0.25) is 0 Å². The lowest BCUT2D eigenvalue weighted by Gasteiger charge is -2.21. The van der Waals surface area contributed by atoms with Gasteiger partial charge in [-0.25, -0.2) is 4.98 Å². The lowest BCUT2D eigenvalue weighted by atomic mass is 9.90. The van der Waals surface area contributed by atoms with E-state index in [1.54, 1.807) is 12.4 Å². The zero-order chi connectivity index (χ0) is 20.9. The van der Waals surface area contributed by atoms with Crippen molar-refractivity contribution in [2.75, 3.05) is 0 Å². The third-order valence-electron chi connectivity index (χ3n) is 5.38. The van der Waals surface area contributed by atoms with Gasteiger partial charge in [0.1, 0.15) is 5.69 Å². The first-order valence-electron chi connectivity index (χ1n) is 9.63. The van der Waals surface area contributed by atoms with Gasteiger partial charge in [-0.3, -0.25) is 19.9 Å². The fraction of sp³-hybridized carbons (Fsp3) is 0.350. The number of rotatable bonds is 4. The summed E-state index contributed by atoms with van der Waals surface area (Å²) >= 11 is 0. The second-order valence-corrected chi connectivity index (χ2v) is 7.53. The van der Waals surface area contributed by atoms with E-state index in [0.29, 0.717) is 35.7 Å². The van der Waals surface area contributed by atoms with E-state index in [-0.39, 0.29) is 23.5 Å². The van der Waals surface area contributed by atoms with Crippen LogP contribution in [-0.4, -0.2) is 31.1 Å². The quantitative estimate of drug-likeness (QED) is 0.684. The van der Waals surface area contributed by atoms with E-state index in [1.807, 2.05) is 0 Å². The molecule has 0 atom stereocenters. The summed E-state index contributed by atoms with van der Waals surface area (Å²) in [4.78, 5) is 25.4. The standard InChI is InChI=1S/C20H17F3N6O/c21-20(22,23)13-5-15(28-14-4-3-11-6-27-29-18(11)17(13)14)19(30)26-8-12-7-25-16(9-24-12)10-1-2-10/h5-7,9-10H,1-4,8H2,(H,26,30)(H,27,29). The molecular weight excluding hydrogens is 397 g/mol. The normalized spacial score (nSPS) is 15.4. The molecule has 2 aliphatic carbocycles. The molecule has 0 aliphatic heterocycles. The zero-order valence-electron chi connectivity index (χ0n) is 15.8. The highest BCUT2D eigenvalue weighted by Gasteiger charge is 2.38. The predicted octanol–water partition coefficient (Wildman–Crippen LogP) is 3.19. The van der Waals surface area contributed by atoms with Crippen LogP contribution in [0.25, 0.3) is 11.3 Å². The van der Waals surface area contributed by atoms with E-state index >= 15 is 0 Å². The maximum atomic E-state index is 13.8. The number of carbonyl (C=O) groups is 1. The smallest absolute Gasteiger partial charge is 0.345 e. The number of hydrogen-bond acceptors (Lipinski definition) is 5. The molecule has 1 amide bonds. The Balaban J connectivity index is 1.41. The van der Waals surface area contributed by atoms with E-state index < -0.39 is 17.6 Å². The number of aromatic amines is 1. The van der Waals surface area contributed by atoms with E-state index in [4.69, 9.17) is 0 Å². The zero-order valence-corrected chi connectivity index (χ0v) is 15.8. The van der Waals surface area contributed by atoms with Gasteiger partial charge in [-0.2, -0.15) is 18.3 Å². The highest BCUT2D eigenvalue weighted by atomic mass is 19.4. The van der Waals surface area contributed by atoms with Gasteiger partial charge in [0.2, 0.25) is 0 Å². The van der Waals surface area contributed by atoms with Gasteiger partial charge in [-0.1, -0.05) is 0 Å². The lowest BCUT2D eigenvalue weighted by molar-refractivity contribution is -0.137. The van der Waals surface area contributed by atoms with Crippen LogP contribution in [0, 0.1) is 0 Å². The van der Waals surface area contributed by atoms with Gasteiger partial charge < -0.3 is 5.32 Å². The number of nitrogens with one attached hydrogen (secondary N) is 2. The lowest BCUT2D eigenvalue weighted by Crippen LogP contribution is -2.26. The van der Waals surface area contributed by atoms with Crippen molar-refractivity contribution < 1.29 is 18.0 Å². The first kappa shape index (κ1) is 18.7. The first-order chi connectivity index (χ1) is 14.4. The number of halogens is 3. The molecule has 5 rings (SSSR count). The molecule has 1 saturated carbocycles. The Morgan fingerprint density at radius 2 is 2.00 bits per heavy atom. The van der Waals surface area contributed by atoms with E-state index in [9.17, 15) is 18.0 Å². The highest BCUT2D eigenvalue weighted by molar-refractivity contribution is 5.93. The molecule has 0 bridgehead atoms. The Hall–Kier alpha value is -3.30. The number of alkyl halides is 3. The molecule has 0 aromatic carbocycles. The highest BCUT2D eigenvalue weighted by Crippen LogP contribution is 2.42. The van der Waals surface area contributed by atoms with Crippen LogP contribution in [0.3, 0.4) is 0 Å². The molecule has 154 valence electrons. The van der Waals surface area contributed by atoms with Crippen LogP contribution in [0.15, 0.2) is 24.7 Å².